The number of amides is 1. The van der Waals surface area contributed by atoms with Gasteiger partial charge in [-0.25, -0.2) is 0 Å². The Balaban J connectivity index is 1.70. The van der Waals surface area contributed by atoms with Gasteiger partial charge in [-0.05, 0) is 5.56 Å². The van der Waals surface area contributed by atoms with Gasteiger partial charge in [0.15, 0.2) is 0 Å². The zero-order valence-corrected chi connectivity index (χ0v) is 13.0. The number of hydrogen-bond donors (Lipinski definition) is 1. The number of H-pyrrole nitrogens is 1. The molecule has 0 unspecified atom stereocenters. The number of hydrogen-bond acceptors (Lipinski definition) is 5. The fourth-order valence-electron chi connectivity index (χ4n) is 2.63. The first-order valence-electron chi connectivity index (χ1n) is 7.64. The molecule has 0 radical (unpaired) electrons. The number of nitrogens with one attached hydrogen (secondary N) is 1. The lowest BCUT2D eigenvalue weighted by atomic mass is 10.1. The molecule has 0 spiro atoms. The number of nitrogens with zero attached hydrogens (tertiary/aromatic N) is 4. The zero-order chi connectivity index (χ0) is 16.2. The molecule has 1 aromatic heterocycles. The monoisotopic (exact) mass is 313 g/mol. The standard InChI is InChI=1S/C16H19N5O2/c1-12(22)20-7-9-21(10-8-20)16-17-15(23)14(18-19-16)11-13-5-3-2-4-6-13/h2-6H,7-11H2,1H3,(H,17,19,23). The summed E-state index contributed by atoms with van der Waals surface area (Å²) in [6, 6.07) is 9.70. The van der Waals surface area contributed by atoms with E-state index < -0.39 is 0 Å². The third-order valence-electron chi connectivity index (χ3n) is 3.99. The SMILES string of the molecule is CC(=O)N1CCN(c2nnc(Cc3ccccc3)c(=O)[nH]2)CC1. The van der Waals surface area contributed by atoms with Crippen molar-refractivity contribution in [1.82, 2.24) is 20.1 Å². The molecule has 1 N–H and O–H groups in total. The lowest BCUT2D eigenvalue weighted by Crippen LogP contribution is -2.49. The van der Waals surface area contributed by atoms with E-state index in [4.69, 9.17) is 0 Å². The van der Waals surface area contributed by atoms with Gasteiger partial charge in [0.1, 0.15) is 5.69 Å². The number of carbonyl (C=O) groups is 1. The van der Waals surface area contributed by atoms with Crippen molar-refractivity contribution in [3.63, 3.8) is 0 Å². The number of rotatable bonds is 3. The Labute approximate surface area is 134 Å². The van der Waals surface area contributed by atoms with Crippen LogP contribution in [-0.4, -0.2) is 52.2 Å². The number of benzene rings is 1. The van der Waals surface area contributed by atoms with Crippen LogP contribution in [0.15, 0.2) is 35.1 Å². The molecular formula is C16H19N5O2. The molecular weight excluding hydrogens is 294 g/mol. The molecule has 0 aliphatic carbocycles. The average Bonchev–Trinajstić information content (AvgIpc) is 2.58. The van der Waals surface area contributed by atoms with E-state index in [1.54, 1.807) is 11.8 Å². The molecule has 120 valence electrons. The van der Waals surface area contributed by atoms with Gasteiger partial charge in [-0.1, -0.05) is 30.3 Å². The average molecular weight is 313 g/mol. The first-order valence-corrected chi connectivity index (χ1v) is 7.64. The van der Waals surface area contributed by atoms with Crippen molar-refractivity contribution >= 4 is 11.9 Å². The van der Waals surface area contributed by atoms with Crippen LogP contribution < -0.4 is 10.5 Å². The minimum absolute atomic E-state index is 0.0717. The van der Waals surface area contributed by atoms with Gasteiger partial charge < -0.3 is 9.80 Å². The van der Waals surface area contributed by atoms with Crippen LogP contribution in [0.25, 0.3) is 0 Å². The summed E-state index contributed by atoms with van der Waals surface area (Å²) in [6.07, 6.45) is 0.460. The number of aromatic nitrogens is 3. The molecule has 0 atom stereocenters. The molecule has 1 amide bonds. The highest BCUT2D eigenvalue weighted by molar-refractivity contribution is 5.73. The summed E-state index contributed by atoms with van der Waals surface area (Å²) < 4.78 is 0. The highest BCUT2D eigenvalue weighted by Crippen LogP contribution is 2.09. The molecule has 0 saturated carbocycles. The molecule has 23 heavy (non-hydrogen) atoms. The summed E-state index contributed by atoms with van der Waals surface area (Å²) in [7, 11) is 0. The van der Waals surface area contributed by atoms with Crippen molar-refractivity contribution in [3.05, 3.63) is 51.9 Å². The van der Waals surface area contributed by atoms with Gasteiger partial charge >= 0.3 is 0 Å². The molecule has 1 fully saturated rings. The van der Waals surface area contributed by atoms with Crippen molar-refractivity contribution in [2.24, 2.45) is 0 Å². The molecule has 1 aliphatic heterocycles. The van der Waals surface area contributed by atoms with Crippen molar-refractivity contribution < 1.29 is 4.79 Å². The second-order valence-electron chi connectivity index (χ2n) is 5.58. The van der Waals surface area contributed by atoms with Gasteiger partial charge in [0.05, 0.1) is 0 Å². The molecule has 1 aliphatic rings. The van der Waals surface area contributed by atoms with Gasteiger partial charge in [-0.3, -0.25) is 14.6 Å². The largest absolute Gasteiger partial charge is 0.339 e. The van der Waals surface area contributed by atoms with Crippen LogP contribution in [0.3, 0.4) is 0 Å². The quantitative estimate of drug-likeness (QED) is 0.888. The topological polar surface area (TPSA) is 82.2 Å². The molecule has 7 nitrogen and oxygen atoms in total. The van der Waals surface area contributed by atoms with Crippen molar-refractivity contribution in [3.8, 4) is 0 Å². The molecule has 3 rings (SSSR count). The van der Waals surface area contributed by atoms with Gasteiger partial charge in [0.2, 0.25) is 11.9 Å². The molecule has 1 saturated heterocycles. The van der Waals surface area contributed by atoms with Crippen LogP contribution in [0.2, 0.25) is 0 Å². The van der Waals surface area contributed by atoms with Crippen molar-refractivity contribution in [1.29, 1.82) is 0 Å². The minimum atomic E-state index is -0.215. The molecule has 7 heteroatoms. The lowest BCUT2D eigenvalue weighted by molar-refractivity contribution is -0.129. The first kappa shape index (κ1) is 15.2. The van der Waals surface area contributed by atoms with E-state index in [2.05, 4.69) is 15.2 Å². The summed E-state index contributed by atoms with van der Waals surface area (Å²) in [4.78, 5) is 30.1. The van der Waals surface area contributed by atoms with Crippen LogP contribution in [0.5, 0.6) is 0 Å². The van der Waals surface area contributed by atoms with Crippen LogP contribution in [0.4, 0.5) is 5.95 Å². The highest BCUT2D eigenvalue weighted by Gasteiger charge is 2.20. The smallest absolute Gasteiger partial charge is 0.274 e. The Hall–Kier alpha value is -2.70. The van der Waals surface area contributed by atoms with Crippen molar-refractivity contribution in [2.75, 3.05) is 31.1 Å². The van der Waals surface area contributed by atoms with E-state index in [9.17, 15) is 9.59 Å². The van der Waals surface area contributed by atoms with Gasteiger partial charge in [0.25, 0.3) is 5.56 Å². The van der Waals surface area contributed by atoms with E-state index in [0.717, 1.165) is 5.56 Å². The zero-order valence-electron chi connectivity index (χ0n) is 13.0. The molecule has 2 aromatic rings. The summed E-state index contributed by atoms with van der Waals surface area (Å²) >= 11 is 0. The predicted molar refractivity (Wildman–Crippen MR) is 86.4 cm³/mol. The first-order chi connectivity index (χ1) is 11.1. The van der Waals surface area contributed by atoms with Crippen LogP contribution in [0.1, 0.15) is 18.2 Å². The Morgan fingerprint density at radius 1 is 1.13 bits per heavy atom. The van der Waals surface area contributed by atoms with E-state index in [1.807, 2.05) is 35.2 Å². The second kappa shape index (κ2) is 6.60. The summed E-state index contributed by atoms with van der Waals surface area (Å²) in [6.45, 7) is 4.11. The molecule has 2 heterocycles. The maximum atomic E-state index is 12.2. The van der Waals surface area contributed by atoms with E-state index in [1.165, 1.54) is 0 Å². The fourth-order valence-corrected chi connectivity index (χ4v) is 2.63. The Morgan fingerprint density at radius 3 is 2.43 bits per heavy atom. The maximum Gasteiger partial charge on any atom is 0.274 e. The number of anilines is 1. The molecule has 1 aromatic carbocycles. The highest BCUT2D eigenvalue weighted by atomic mass is 16.2. The molecule has 0 bridgehead atoms. The number of piperazine rings is 1. The fraction of sp³-hybridized carbons (Fsp3) is 0.375. The van der Waals surface area contributed by atoms with E-state index >= 15 is 0 Å². The maximum absolute atomic E-state index is 12.2. The third kappa shape index (κ3) is 3.56. The van der Waals surface area contributed by atoms with Crippen LogP contribution in [0, 0.1) is 0 Å². The second-order valence-corrected chi connectivity index (χ2v) is 5.58. The van der Waals surface area contributed by atoms with Crippen LogP contribution >= 0.6 is 0 Å². The van der Waals surface area contributed by atoms with Crippen molar-refractivity contribution in [2.45, 2.75) is 13.3 Å². The van der Waals surface area contributed by atoms with E-state index in [-0.39, 0.29) is 11.5 Å². The Morgan fingerprint density at radius 2 is 1.83 bits per heavy atom. The Bertz CT molecular complexity index is 736. The van der Waals surface area contributed by atoms with Crippen LogP contribution in [-0.2, 0) is 11.2 Å². The summed E-state index contributed by atoms with van der Waals surface area (Å²) in [5.74, 6) is 0.539. The Kier molecular flexibility index (Phi) is 4.36. The summed E-state index contributed by atoms with van der Waals surface area (Å²) in [5, 5.41) is 8.23. The van der Waals surface area contributed by atoms with E-state index in [0.29, 0.717) is 44.2 Å². The minimum Gasteiger partial charge on any atom is -0.339 e. The number of aromatic amines is 1. The normalized spacial score (nSPS) is 14.8. The lowest BCUT2D eigenvalue weighted by Gasteiger charge is -2.34. The predicted octanol–water partition coefficient (Wildman–Crippen LogP) is 0.424. The van der Waals surface area contributed by atoms with Gasteiger partial charge in [-0.15, -0.1) is 10.2 Å². The number of carbonyl (C=O) groups excluding carboxylic acids is 1. The van der Waals surface area contributed by atoms with Gasteiger partial charge in [0, 0.05) is 39.5 Å². The summed E-state index contributed by atoms with van der Waals surface area (Å²) in [5.41, 5.74) is 1.21. The van der Waals surface area contributed by atoms with Gasteiger partial charge in [-0.2, -0.15) is 0 Å². The third-order valence-corrected chi connectivity index (χ3v) is 3.99.